The van der Waals surface area contributed by atoms with Crippen molar-refractivity contribution in [3.63, 3.8) is 0 Å². The van der Waals surface area contributed by atoms with E-state index in [9.17, 15) is 9.59 Å². The first-order chi connectivity index (χ1) is 12.0. The summed E-state index contributed by atoms with van der Waals surface area (Å²) in [6.45, 7) is 4.24. The van der Waals surface area contributed by atoms with Crippen LogP contribution in [0.3, 0.4) is 0 Å². The molecule has 2 rings (SSSR count). The van der Waals surface area contributed by atoms with Gasteiger partial charge in [-0.3, -0.25) is 9.59 Å². The lowest BCUT2D eigenvalue weighted by Crippen LogP contribution is -2.36. The Morgan fingerprint density at radius 1 is 1.28 bits per heavy atom. The lowest BCUT2D eigenvalue weighted by Gasteiger charge is -2.21. The zero-order valence-corrected chi connectivity index (χ0v) is 15.4. The fourth-order valence-electron chi connectivity index (χ4n) is 2.92. The molecule has 0 aliphatic carbocycles. The van der Waals surface area contributed by atoms with Crippen molar-refractivity contribution in [1.29, 1.82) is 0 Å². The van der Waals surface area contributed by atoms with Gasteiger partial charge in [0.1, 0.15) is 18.1 Å². The lowest BCUT2D eigenvalue weighted by molar-refractivity contribution is -0.134. The van der Waals surface area contributed by atoms with Crippen molar-refractivity contribution in [3.05, 3.63) is 24.3 Å². The van der Waals surface area contributed by atoms with Crippen molar-refractivity contribution in [1.82, 2.24) is 9.80 Å². The minimum atomic E-state index is -0.227. The highest BCUT2D eigenvalue weighted by atomic mass is 16.5. The monoisotopic (exact) mass is 348 g/mol. The Hall–Kier alpha value is -2.24. The molecule has 6 heteroatoms. The molecule has 1 heterocycles. The molecule has 0 radical (unpaired) electrons. The van der Waals surface area contributed by atoms with E-state index in [1.807, 2.05) is 31.3 Å². The van der Waals surface area contributed by atoms with Gasteiger partial charge >= 0.3 is 0 Å². The van der Waals surface area contributed by atoms with Crippen molar-refractivity contribution in [2.45, 2.75) is 26.2 Å². The minimum absolute atomic E-state index is 0.0283. The zero-order chi connectivity index (χ0) is 18.2. The Morgan fingerprint density at radius 2 is 1.96 bits per heavy atom. The normalized spacial score (nSPS) is 16.8. The summed E-state index contributed by atoms with van der Waals surface area (Å²) >= 11 is 0. The van der Waals surface area contributed by atoms with E-state index >= 15 is 0 Å². The maximum Gasteiger partial charge on any atom is 0.227 e. The number of carbonyl (C=O) groups is 2. The summed E-state index contributed by atoms with van der Waals surface area (Å²) in [6, 6.07) is 7.33. The smallest absolute Gasteiger partial charge is 0.227 e. The van der Waals surface area contributed by atoms with Gasteiger partial charge in [-0.1, -0.05) is 13.3 Å². The maximum absolute atomic E-state index is 12.4. The fourth-order valence-corrected chi connectivity index (χ4v) is 2.92. The molecule has 1 aromatic carbocycles. The topological polar surface area (TPSA) is 59.1 Å². The number of hydrogen-bond acceptors (Lipinski definition) is 4. The van der Waals surface area contributed by atoms with Gasteiger partial charge in [0.25, 0.3) is 0 Å². The van der Waals surface area contributed by atoms with Crippen LogP contribution in [0.15, 0.2) is 24.3 Å². The standard InChI is InChI=1S/C19H28N2O4/c1-4-5-10-20(2)19(23)15-13-18(22)21(14-15)11-12-25-17-8-6-16(24-3)7-9-17/h6-9,15H,4-5,10-14H2,1-3H3. The van der Waals surface area contributed by atoms with E-state index in [1.54, 1.807) is 16.9 Å². The summed E-state index contributed by atoms with van der Waals surface area (Å²) in [5.74, 6) is 1.38. The van der Waals surface area contributed by atoms with Gasteiger partial charge in [0.2, 0.25) is 11.8 Å². The van der Waals surface area contributed by atoms with Crippen LogP contribution < -0.4 is 9.47 Å². The Kier molecular flexibility index (Phi) is 7.10. The molecule has 1 aliphatic heterocycles. The van der Waals surface area contributed by atoms with Crippen molar-refractivity contribution in [3.8, 4) is 11.5 Å². The highest BCUT2D eigenvalue weighted by molar-refractivity contribution is 5.89. The van der Waals surface area contributed by atoms with Crippen molar-refractivity contribution < 1.29 is 19.1 Å². The van der Waals surface area contributed by atoms with Gasteiger partial charge in [-0.05, 0) is 30.7 Å². The molecule has 1 fully saturated rings. The van der Waals surface area contributed by atoms with Crippen molar-refractivity contribution >= 4 is 11.8 Å². The summed E-state index contributed by atoms with van der Waals surface area (Å²) < 4.78 is 10.8. The van der Waals surface area contributed by atoms with E-state index < -0.39 is 0 Å². The Bertz CT molecular complexity index is 573. The summed E-state index contributed by atoms with van der Waals surface area (Å²) in [5, 5.41) is 0. The highest BCUT2D eigenvalue weighted by Crippen LogP contribution is 2.21. The van der Waals surface area contributed by atoms with E-state index in [1.165, 1.54) is 0 Å². The van der Waals surface area contributed by atoms with Gasteiger partial charge in [-0.15, -0.1) is 0 Å². The third-order valence-corrected chi connectivity index (χ3v) is 4.48. The van der Waals surface area contributed by atoms with E-state index in [2.05, 4.69) is 6.92 Å². The van der Waals surface area contributed by atoms with Crippen LogP contribution in [0.1, 0.15) is 26.2 Å². The summed E-state index contributed by atoms with van der Waals surface area (Å²) in [6.07, 6.45) is 2.34. The van der Waals surface area contributed by atoms with Crippen LogP contribution >= 0.6 is 0 Å². The molecule has 2 amide bonds. The predicted molar refractivity (Wildman–Crippen MR) is 95.7 cm³/mol. The summed E-state index contributed by atoms with van der Waals surface area (Å²) in [5.41, 5.74) is 0. The number of nitrogens with zero attached hydrogens (tertiary/aromatic N) is 2. The molecule has 0 N–H and O–H groups in total. The number of benzene rings is 1. The average molecular weight is 348 g/mol. The first-order valence-electron chi connectivity index (χ1n) is 8.84. The molecular formula is C19H28N2O4. The second-order valence-corrected chi connectivity index (χ2v) is 6.38. The third kappa shape index (κ3) is 5.37. The van der Waals surface area contributed by atoms with Crippen molar-refractivity contribution in [2.75, 3.05) is 40.4 Å². The minimum Gasteiger partial charge on any atom is -0.497 e. The number of unbranched alkanes of at least 4 members (excludes halogenated alkanes) is 1. The number of carbonyl (C=O) groups excluding carboxylic acids is 2. The van der Waals surface area contributed by atoms with Gasteiger partial charge in [0, 0.05) is 26.6 Å². The molecule has 0 spiro atoms. The first kappa shape index (κ1) is 19.1. The van der Waals surface area contributed by atoms with Gasteiger partial charge in [0.05, 0.1) is 19.6 Å². The molecule has 25 heavy (non-hydrogen) atoms. The van der Waals surface area contributed by atoms with Gasteiger partial charge in [-0.25, -0.2) is 0 Å². The number of amides is 2. The van der Waals surface area contributed by atoms with Crippen molar-refractivity contribution in [2.24, 2.45) is 5.92 Å². The SMILES string of the molecule is CCCCN(C)C(=O)C1CC(=O)N(CCOc2ccc(OC)cc2)C1. The van der Waals surface area contributed by atoms with Crippen LogP contribution in [0.25, 0.3) is 0 Å². The summed E-state index contributed by atoms with van der Waals surface area (Å²) in [4.78, 5) is 28.0. The van der Waals surface area contributed by atoms with E-state index in [-0.39, 0.29) is 17.7 Å². The number of rotatable bonds is 9. The second-order valence-electron chi connectivity index (χ2n) is 6.38. The van der Waals surface area contributed by atoms with Crippen LogP contribution in [-0.4, -0.2) is 62.0 Å². The Morgan fingerprint density at radius 3 is 2.60 bits per heavy atom. The van der Waals surface area contributed by atoms with Gasteiger partial charge in [0.15, 0.2) is 0 Å². The first-order valence-corrected chi connectivity index (χ1v) is 8.84. The Labute approximate surface area is 149 Å². The molecule has 1 aromatic rings. The van der Waals surface area contributed by atoms with Gasteiger partial charge < -0.3 is 19.3 Å². The molecule has 0 bridgehead atoms. The van der Waals surface area contributed by atoms with Gasteiger partial charge in [-0.2, -0.15) is 0 Å². The van der Waals surface area contributed by atoms with Crippen LogP contribution in [-0.2, 0) is 9.59 Å². The number of likely N-dealkylation sites (tertiary alicyclic amines) is 1. The molecule has 0 aromatic heterocycles. The molecule has 1 aliphatic rings. The van der Waals surface area contributed by atoms with E-state index in [0.717, 1.165) is 30.9 Å². The third-order valence-electron chi connectivity index (χ3n) is 4.48. The van der Waals surface area contributed by atoms with Crippen LogP contribution in [0, 0.1) is 5.92 Å². The quantitative estimate of drug-likeness (QED) is 0.686. The largest absolute Gasteiger partial charge is 0.497 e. The lowest BCUT2D eigenvalue weighted by atomic mass is 10.1. The molecule has 0 saturated carbocycles. The van der Waals surface area contributed by atoms with Crippen LogP contribution in [0.5, 0.6) is 11.5 Å². The average Bonchev–Trinajstić information content (AvgIpc) is 3.00. The maximum atomic E-state index is 12.4. The number of methoxy groups -OCH3 is 1. The zero-order valence-electron chi connectivity index (χ0n) is 15.4. The summed E-state index contributed by atoms with van der Waals surface area (Å²) in [7, 11) is 3.43. The molecule has 6 nitrogen and oxygen atoms in total. The van der Waals surface area contributed by atoms with E-state index in [4.69, 9.17) is 9.47 Å². The highest BCUT2D eigenvalue weighted by Gasteiger charge is 2.35. The molecule has 1 atom stereocenters. The molecule has 138 valence electrons. The number of hydrogen-bond donors (Lipinski definition) is 0. The molecule has 1 saturated heterocycles. The van der Waals surface area contributed by atoms with E-state index in [0.29, 0.717) is 26.1 Å². The fraction of sp³-hybridized carbons (Fsp3) is 0.579. The second kappa shape index (κ2) is 9.30. The number of ether oxygens (including phenoxy) is 2. The Balaban J connectivity index is 1.77. The van der Waals surface area contributed by atoms with Crippen LogP contribution in [0.2, 0.25) is 0 Å². The molecule has 1 unspecified atom stereocenters. The molecular weight excluding hydrogens is 320 g/mol. The van der Waals surface area contributed by atoms with Crippen LogP contribution in [0.4, 0.5) is 0 Å². The predicted octanol–water partition coefficient (Wildman–Crippen LogP) is 2.18.